The molecule has 1 aromatic carbocycles. The third-order valence-electron chi connectivity index (χ3n) is 2.24. The van der Waals surface area contributed by atoms with Gasteiger partial charge in [0.05, 0.1) is 7.11 Å². The van der Waals surface area contributed by atoms with E-state index in [1.807, 2.05) is 30.3 Å². The molecule has 0 aliphatic heterocycles. The maximum Gasteiger partial charge on any atom is 0.350 e. The molecule has 6 heteroatoms. The first kappa shape index (κ1) is 13.0. The molecule has 1 aromatic heterocycles. The van der Waals surface area contributed by atoms with Gasteiger partial charge in [-0.05, 0) is 21.5 Å². The lowest BCUT2D eigenvalue weighted by molar-refractivity contribution is 0.0605. The second-order valence-corrected chi connectivity index (χ2v) is 5.22. The fraction of sp³-hybridized carbons (Fsp3) is 0.167. The Morgan fingerprint density at radius 2 is 2.17 bits per heavy atom. The number of benzene rings is 1. The molecule has 0 spiro atoms. The molecule has 2 rings (SSSR count). The van der Waals surface area contributed by atoms with Gasteiger partial charge in [0, 0.05) is 6.54 Å². The van der Waals surface area contributed by atoms with Crippen molar-refractivity contribution in [2.45, 2.75) is 6.54 Å². The summed E-state index contributed by atoms with van der Waals surface area (Å²) in [6.45, 7) is 0.668. The number of nitrogens with zero attached hydrogens (tertiary/aromatic N) is 1. The molecular weight excluding hydrogens is 316 g/mol. The highest BCUT2D eigenvalue weighted by atomic mass is 79.9. The van der Waals surface area contributed by atoms with Crippen molar-refractivity contribution >= 4 is 38.4 Å². The highest BCUT2D eigenvalue weighted by molar-refractivity contribution is 9.10. The molecule has 1 N–H and O–H groups in total. The van der Waals surface area contributed by atoms with Crippen molar-refractivity contribution in [2.24, 2.45) is 0 Å². The number of nitrogens with one attached hydrogen (secondary N) is 1. The van der Waals surface area contributed by atoms with Crippen LogP contribution in [0, 0.1) is 0 Å². The molecule has 0 atom stereocenters. The van der Waals surface area contributed by atoms with Gasteiger partial charge in [-0.3, -0.25) is 0 Å². The average molecular weight is 327 g/mol. The Morgan fingerprint density at radius 3 is 2.83 bits per heavy atom. The smallest absolute Gasteiger partial charge is 0.350 e. The number of esters is 1. The lowest BCUT2D eigenvalue weighted by Crippen LogP contribution is -1.98. The van der Waals surface area contributed by atoms with E-state index >= 15 is 0 Å². The number of rotatable bonds is 4. The van der Waals surface area contributed by atoms with Crippen LogP contribution in [0.25, 0.3) is 0 Å². The number of carbonyl (C=O) groups excluding carboxylic acids is 1. The third-order valence-corrected chi connectivity index (χ3v) is 4.07. The Kier molecular flexibility index (Phi) is 4.33. The summed E-state index contributed by atoms with van der Waals surface area (Å²) in [4.78, 5) is 16.1. The highest BCUT2D eigenvalue weighted by Gasteiger charge is 2.16. The third kappa shape index (κ3) is 3.08. The van der Waals surface area contributed by atoms with E-state index in [0.29, 0.717) is 21.2 Å². The summed E-state index contributed by atoms with van der Waals surface area (Å²) in [5, 5.41) is 3.86. The Balaban J connectivity index is 2.05. The predicted octanol–water partition coefficient (Wildman–Crippen LogP) is 3.30. The van der Waals surface area contributed by atoms with Crippen LogP contribution in [-0.2, 0) is 11.3 Å². The lowest BCUT2D eigenvalue weighted by atomic mass is 10.2. The summed E-state index contributed by atoms with van der Waals surface area (Å²) in [5.41, 5.74) is 1.16. The number of carbonyl (C=O) groups is 1. The van der Waals surface area contributed by atoms with Crippen LogP contribution in [0.15, 0.2) is 34.9 Å². The molecule has 0 amide bonds. The summed E-state index contributed by atoms with van der Waals surface area (Å²) in [7, 11) is 1.35. The zero-order valence-corrected chi connectivity index (χ0v) is 12.0. The molecule has 0 unspecified atom stereocenters. The SMILES string of the molecule is COC(=O)c1sc(NCc2ccccc2)nc1Br. The number of aromatic nitrogens is 1. The van der Waals surface area contributed by atoms with Gasteiger partial charge < -0.3 is 10.1 Å². The quantitative estimate of drug-likeness (QED) is 0.876. The molecule has 0 bridgehead atoms. The molecular formula is C12H11BrN2O2S. The second kappa shape index (κ2) is 5.97. The van der Waals surface area contributed by atoms with Crippen LogP contribution in [0.2, 0.25) is 0 Å². The van der Waals surface area contributed by atoms with E-state index in [9.17, 15) is 4.79 Å². The van der Waals surface area contributed by atoms with Crippen molar-refractivity contribution < 1.29 is 9.53 Å². The number of ether oxygens (including phenoxy) is 1. The highest BCUT2D eigenvalue weighted by Crippen LogP contribution is 2.28. The molecule has 0 saturated heterocycles. The fourth-order valence-electron chi connectivity index (χ4n) is 1.37. The van der Waals surface area contributed by atoms with Crippen LogP contribution in [0.1, 0.15) is 15.2 Å². The number of anilines is 1. The van der Waals surface area contributed by atoms with E-state index in [-0.39, 0.29) is 5.97 Å². The predicted molar refractivity (Wildman–Crippen MR) is 74.9 cm³/mol. The Labute approximate surface area is 117 Å². The minimum Gasteiger partial charge on any atom is -0.465 e. The van der Waals surface area contributed by atoms with Crippen molar-refractivity contribution in [2.75, 3.05) is 12.4 Å². The van der Waals surface area contributed by atoms with Crippen molar-refractivity contribution in [1.29, 1.82) is 0 Å². The summed E-state index contributed by atoms with van der Waals surface area (Å²) in [5.74, 6) is -0.382. The average Bonchev–Trinajstić information content (AvgIpc) is 2.78. The van der Waals surface area contributed by atoms with Gasteiger partial charge in [0.2, 0.25) is 0 Å². The summed E-state index contributed by atoms with van der Waals surface area (Å²) in [6, 6.07) is 9.98. The summed E-state index contributed by atoms with van der Waals surface area (Å²) in [6.07, 6.45) is 0. The molecule has 2 aromatic rings. The lowest BCUT2D eigenvalue weighted by Gasteiger charge is -2.01. The van der Waals surface area contributed by atoms with Crippen LogP contribution >= 0.6 is 27.3 Å². The van der Waals surface area contributed by atoms with Crippen molar-refractivity contribution in [3.05, 3.63) is 45.4 Å². The van der Waals surface area contributed by atoms with Gasteiger partial charge in [0.25, 0.3) is 0 Å². The number of hydrogen-bond acceptors (Lipinski definition) is 5. The van der Waals surface area contributed by atoms with Gasteiger partial charge in [0.15, 0.2) is 5.13 Å². The van der Waals surface area contributed by atoms with Crippen LogP contribution in [0.3, 0.4) is 0 Å². The van der Waals surface area contributed by atoms with E-state index in [4.69, 9.17) is 0 Å². The zero-order chi connectivity index (χ0) is 13.0. The van der Waals surface area contributed by atoms with E-state index in [2.05, 4.69) is 31.0 Å². The second-order valence-electron chi connectivity index (χ2n) is 3.47. The molecule has 0 saturated carbocycles. The fourth-order valence-corrected chi connectivity index (χ4v) is 2.84. The van der Waals surface area contributed by atoms with Gasteiger partial charge in [-0.2, -0.15) is 0 Å². The first-order valence-electron chi connectivity index (χ1n) is 5.23. The molecule has 18 heavy (non-hydrogen) atoms. The van der Waals surface area contributed by atoms with Crippen molar-refractivity contribution in [1.82, 2.24) is 4.98 Å². The van der Waals surface area contributed by atoms with Gasteiger partial charge in [0.1, 0.15) is 9.48 Å². The Hall–Kier alpha value is -1.40. The molecule has 1 heterocycles. The normalized spacial score (nSPS) is 10.1. The zero-order valence-electron chi connectivity index (χ0n) is 9.64. The van der Waals surface area contributed by atoms with E-state index in [1.54, 1.807) is 0 Å². The molecule has 0 fully saturated rings. The monoisotopic (exact) mass is 326 g/mol. The molecule has 0 radical (unpaired) electrons. The van der Waals surface area contributed by atoms with E-state index in [0.717, 1.165) is 5.56 Å². The first-order chi connectivity index (χ1) is 8.70. The summed E-state index contributed by atoms with van der Waals surface area (Å²) >= 11 is 4.51. The maximum atomic E-state index is 11.4. The van der Waals surface area contributed by atoms with Crippen molar-refractivity contribution in [3.63, 3.8) is 0 Å². The first-order valence-corrected chi connectivity index (χ1v) is 6.84. The minimum atomic E-state index is -0.382. The van der Waals surface area contributed by atoms with Crippen LogP contribution in [-0.4, -0.2) is 18.1 Å². The van der Waals surface area contributed by atoms with Gasteiger partial charge in [-0.1, -0.05) is 41.7 Å². The number of hydrogen-bond donors (Lipinski definition) is 1. The minimum absolute atomic E-state index is 0.382. The standard InChI is InChI=1S/C12H11BrN2O2S/c1-17-11(16)9-10(13)15-12(18-9)14-7-8-5-3-2-4-6-8/h2-6H,7H2,1H3,(H,14,15). The molecule has 94 valence electrons. The van der Waals surface area contributed by atoms with Crippen LogP contribution in [0.4, 0.5) is 5.13 Å². The molecule has 4 nitrogen and oxygen atoms in total. The molecule has 0 aliphatic carbocycles. The number of thiazole rings is 1. The van der Waals surface area contributed by atoms with Gasteiger partial charge in [-0.15, -0.1) is 0 Å². The maximum absolute atomic E-state index is 11.4. The van der Waals surface area contributed by atoms with E-state index in [1.165, 1.54) is 18.4 Å². The Morgan fingerprint density at radius 1 is 1.44 bits per heavy atom. The number of methoxy groups -OCH3 is 1. The van der Waals surface area contributed by atoms with E-state index < -0.39 is 0 Å². The molecule has 0 aliphatic rings. The number of halogens is 1. The van der Waals surface area contributed by atoms with Gasteiger partial charge in [-0.25, -0.2) is 9.78 Å². The topological polar surface area (TPSA) is 51.2 Å². The largest absolute Gasteiger partial charge is 0.465 e. The van der Waals surface area contributed by atoms with Crippen LogP contribution in [0.5, 0.6) is 0 Å². The van der Waals surface area contributed by atoms with Gasteiger partial charge >= 0.3 is 5.97 Å². The summed E-state index contributed by atoms with van der Waals surface area (Å²) < 4.78 is 5.18. The van der Waals surface area contributed by atoms with Crippen molar-refractivity contribution in [3.8, 4) is 0 Å². The Bertz CT molecular complexity index is 542. The van der Waals surface area contributed by atoms with Crippen LogP contribution < -0.4 is 5.32 Å².